The van der Waals surface area contributed by atoms with Crippen molar-refractivity contribution in [1.82, 2.24) is 9.80 Å². The van der Waals surface area contributed by atoms with Crippen molar-refractivity contribution in [3.05, 3.63) is 0 Å². The Morgan fingerprint density at radius 1 is 0.431 bits per heavy atom. The summed E-state index contributed by atoms with van der Waals surface area (Å²) < 4.78 is 12.0. The topological polar surface area (TPSA) is 59.1 Å². The van der Waals surface area contributed by atoms with Gasteiger partial charge in [0.25, 0.3) is 0 Å². The second kappa shape index (κ2) is 42.5. The Kier molecular flexibility index (Phi) is 40.3. The SMILES string of the molecule is CCCCCCCCCCC(CCCCCCCC)COC(=O)CCN(CCC(=O)OCC(CCCCCCCC)CCCCCCCCCC)CCN1CCCC1. The van der Waals surface area contributed by atoms with E-state index in [0.29, 0.717) is 51.0 Å². The largest absolute Gasteiger partial charge is 0.465 e. The Morgan fingerprint density at radius 2 is 0.724 bits per heavy atom. The molecule has 0 spiro atoms. The van der Waals surface area contributed by atoms with Crippen molar-refractivity contribution in [2.75, 3.05) is 52.5 Å². The number of rotatable bonds is 45. The monoisotopic (exact) mass is 819 g/mol. The summed E-state index contributed by atoms with van der Waals surface area (Å²) in [6, 6.07) is 0. The van der Waals surface area contributed by atoms with Crippen molar-refractivity contribution in [2.24, 2.45) is 11.8 Å². The number of nitrogens with zero attached hydrogens (tertiary/aromatic N) is 2. The average molecular weight is 819 g/mol. The lowest BCUT2D eigenvalue weighted by Gasteiger charge is -2.25. The molecule has 6 heteroatoms. The van der Waals surface area contributed by atoms with Gasteiger partial charge < -0.3 is 19.3 Å². The van der Waals surface area contributed by atoms with Gasteiger partial charge in [-0.15, -0.1) is 0 Å². The number of esters is 2. The average Bonchev–Trinajstić information content (AvgIpc) is 3.76. The van der Waals surface area contributed by atoms with Crippen LogP contribution in [0.1, 0.15) is 259 Å². The Bertz CT molecular complexity index is 817. The number of unbranched alkanes of at least 4 members (excludes halogenated alkanes) is 24. The van der Waals surface area contributed by atoms with Crippen molar-refractivity contribution in [3.8, 4) is 0 Å². The van der Waals surface area contributed by atoms with Gasteiger partial charge in [0.05, 0.1) is 26.1 Å². The summed E-state index contributed by atoms with van der Waals surface area (Å²) in [5.74, 6) is 0.820. The molecule has 0 bridgehead atoms. The van der Waals surface area contributed by atoms with Gasteiger partial charge in [-0.25, -0.2) is 0 Å². The molecule has 2 unspecified atom stereocenters. The number of likely N-dealkylation sites (tertiary alicyclic amines) is 1. The van der Waals surface area contributed by atoms with Crippen LogP contribution in [0.25, 0.3) is 0 Å². The lowest BCUT2D eigenvalue weighted by atomic mass is 9.94. The smallest absolute Gasteiger partial charge is 0.307 e. The van der Waals surface area contributed by atoms with Crippen LogP contribution in [0.3, 0.4) is 0 Å². The lowest BCUT2D eigenvalue weighted by Crippen LogP contribution is -2.36. The third kappa shape index (κ3) is 35.6. The van der Waals surface area contributed by atoms with Crippen molar-refractivity contribution < 1.29 is 19.1 Å². The van der Waals surface area contributed by atoms with Crippen molar-refractivity contribution in [1.29, 1.82) is 0 Å². The van der Waals surface area contributed by atoms with Crippen LogP contribution >= 0.6 is 0 Å². The zero-order valence-electron chi connectivity index (χ0n) is 39.8. The van der Waals surface area contributed by atoms with E-state index in [2.05, 4.69) is 37.5 Å². The molecule has 0 aromatic carbocycles. The zero-order valence-corrected chi connectivity index (χ0v) is 39.8. The van der Waals surface area contributed by atoms with Crippen LogP contribution in [0, 0.1) is 11.8 Å². The molecule has 0 aromatic rings. The fourth-order valence-electron chi connectivity index (χ4n) is 8.87. The first-order valence-electron chi connectivity index (χ1n) is 26.3. The van der Waals surface area contributed by atoms with Crippen LogP contribution in [0.15, 0.2) is 0 Å². The molecule has 344 valence electrons. The Balaban J connectivity index is 2.60. The molecule has 0 amide bonds. The van der Waals surface area contributed by atoms with Crippen LogP contribution < -0.4 is 0 Å². The molecule has 1 heterocycles. The zero-order chi connectivity index (χ0) is 42.0. The van der Waals surface area contributed by atoms with E-state index in [-0.39, 0.29) is 11.9 Å². The van der Waals surface area contributed by atoms with E-state index in [0.717, 1.165) is 26.2 Å². The van der Waals surface area contributed by atoms with Gasteiger partial charge in [-0.1, -0.05) is 207 Å². The summed E-state index contributed by atoms with van der Waals surface area (Å²) in [4.78, 5) is 31.2. The van der Waals surface area contributed by atoms with Crippen molar-refractivity contribution in [2.45, 2.75) is 259 Å². The van der Waals surface area contributed by atoms with Gasteiger partial charge in [0, 0.05) is 26.2 Å². The van der Waals surface area contributed by atoms with E-state index >= 15 is 0 Å². The van der Waals surface area contributed by atoms with E-state index in [1.807, 2.05) is 0 Å². The van der Waals surface area contributed by atoms with Crippen LogP contribution in [-0.4, -0.2) is 74.2 Å². The number of hydrogen-bond donors (Lipinski definition) is 0. The van der Waals surface area contributed by atoms with Crippen LogP contribution in [-0.2, 0) is 19.1 Å². The molecule has 1 aliphatic rings. The second-order valence-corrected chi connectivity index (χ2v) is 18.6. The van der Waals surface area contributed by atoms with Gasteiger partial charge in [0.15, 0.2) is 0 Å². The molecule has 1 fully saturated rings. The summed E-state index contributed by atoms with van der Waals surface area (Å²) in [5.41, 5.74) is 0. The van der Waals surface area contributed by atoms with E-state index in [4.69, 9.17) is 9.47 Å². The first-order valence-corrected chi connectivity index (χ1v) is 26.3. The number of hydrogen-bond acceptors (Lipinski definition) is 6. The fraction of sp³-hybridized carbons (Fsp3) is 0.962. The molecule has 1 saturated heterocycles. The molecule has 0 aromatic heterocycles. The van der Waals surface area contributed by atoms with E-state index in [9.17, 15) is 9.59 Å². The Morgan fingerprint density at radius 3 is 1.03 bits per heavy atom. The number of ether oxygens (including phenoxy) is 2. The van der Waals surface area contributed by atoms with Gasteiger partial charge in [-0.3, -0.25) is 9.59 Å². The normalized spacial score (nSPS) is 14.4. The number of carbonyl (C=O) groups is 2. The first-order chi connectivity index (χ1) is 28.5. The van der Waals surface area contributed by atoms with E-state index in [1.165, 1.54) is 218 Å². The highest BCUT2D eigenvalue weighted by Crippen LogP contribution is 2.22. The molecule has 2 atom stereocenters. The molecular weight excluding hydrogens is 717 g/mol. The highest BCUT2D eigenvalue weighted by Gasteiger charge is 2.18. The highest BCUT2D eigenvalue weighted by molar-refractivity contribution is 5.70. The first kappa shape index (κ1) is 54.9. The molecule has 58 heavy (non-hydrogen) atoms. The molecule has 1 rings (SSSR count). The predicted molar refractivity (Wildman–Crippen MR) is 251 cm³/mol. The third-order valence-corrected chi connectivity index (χ3v) is 13.0. The quantitative estimate of drug-likeness (QED) is 0.0451. The van der Waals surface area contributed by atoms with Crippen LogP contribution in [0.4, 0.5) is 0 Å². The maximum atomic E-state index is 13.2. The Labute approximate surface area is 362 Å². The Hall–Kier alpha value is -1.14. The van der Waals surface area contributed by atoms with Crippen LogP contribution in [0.5, 0.6) is 0 Å². The molecule has 0 aliphatic carbocycles. The van der Waals surface area contributed by atoms with Gasteiger partial charge in [0.1, 0.15) is 0 Å². The van der Waals surface area contributed by atoms with Gasteiger partial charge >= 0.3 is 11.9 Å². The molecular formula is C52H102N2O4. The highest BCUT2D eigenvalue weighted by atomic mass is 16.5. The maximum absolute atomic E-state index is 13.2. The lowest BCUT2D eigenvalue weighted by molar-refractivity contribution is -0.145. The van der Waals surface area contributed by atoms with Crippen LogP contribution in [0.2, 0.25) is 0 Å². The van der Waals surface area contributed by atoms with Crippen molar-refractivity contribution >= 4 is 11.9 Å². The second-order valence-electron chi connectivity index (χ2n) is 18.6. The molecule has 6 nitrogen and oxygen atoms in total. The standard InChI is InChI=1S/C52H102N2O4/c1-5-9-13-17-21-23-27-31-37-49(35-29-25-19-15-11-7-3)47-57-51(55)39-43-54(46-45-53-41-33-34-42-53)44-40-52(56)58-48-50(36-30-26-20-16-12-8-4)38-32-28-24-22-18-14-10-6-2/h49-50H,5-48H2,1-4H3. The van der Waals surface area contributed by atoms with Crippen molar-refractivity contribution in [3.63, 3.8) is 0 Å². The molecule has 0 N–H and O–H groups in total. The van der Waals surface area contributed by atoms with Gasteiger partial charge in [0.2, 0.25) is 0 Å². The molecule has 0 saturated carbocycles. The maximum Gasteiger partial charge on any atom is 0.307 e. The fourth-order valence-corrected chi connectivity index (χ4v) is 8.87. The predicted octanol–water partition coefficient (Wildman–Crippen LogP) is 15.0. The molecule has 0 radical (unpaired) electrons. The van der Waals surface area contributed by atoms with Gasteiger partial charge in [-0.05, 0) is 63.5 Å². The summed E-state index contributed by atoms with van der Waals surface area (Å²) >= 11 is 0. The number of carbonyl (C=O) groups excluding carboxylic acids is 2. The summed E-state index contributed by atoms with van der Waals surface area (Å²) in [6.45, 7) is 15.8. The minimum atomic E-state index is -0.0730. The summed E-state index contributed by atoms with van der Waals surface area (Å²) in [7, 11) is 0. The third-order valence-electron chi connectivity index (χ3n) is 13.0. The minimum absolute atomic E-state index is 0.0730. The minimum Gasteiger partial charge on any atom is -0.465 e. The molecule has 1 aliphatic heterocycles. The van der Waals surface area contributed by atoms with Gasteiger partial charge in [-0.2, -0.15) is 0 Å². The summed E-state index contributed by atoms with van der Waals surface area (Å²) in [5, 5.41) is 0. The van der Waals surface area contributed by atoms with E-state index < -0.39 is 0 Å². The van der Waals surface area contributed by atoms with E-state index in [1.54, 1.807) is 0 Å². The summed E-state index contributed by atoms with van der Waals surface area (Å²) in [6.07, 6.45) is 45.2.